The molecule has 11 rings (SSSR count). The molecule has 0 fully saturated rings. The minimum atomic E-state index is 0.0219. The molecule has 3 aromatic heterocycles. The van der Waals surface area contributed by atoms with Gasteiger partial charge in [-0.15, -0.1) is 0 Å². The Morgan fingerprint density at radius 2 is 0.593 bits per heavy atom. The first-order valence-corrected chi connectivity index (χ1v) is 20.9. The fourth-order valence-corrected chi connectivity index (χ4v) is 9.42. The average Bonchev–Trinajstić information content (AvgIpc) is 3.88. The van der Waals surface area contributed by atoms with E-state index in [9.17, 15) is 0 Å². The van der Waals surface area contributed by atoms with Gasteiger partial charge >= 0.3 is 0 Å². The lowest BCUT2D eigenvalue weighted by Crippen LogP contribution is -2.10. The van der Waals surface area contributed by atoms with Gasteiger partial charge < -0.3 is 13.7 Å². The maximum Gasteiger partial charge on any atom is 0.0541 e. The molecule has 0 radical (unpaired) electrons. The van der Waals surface area contributed by atoms with Crippen molar-refractivity contribution in [3.63, 3.8) is 0 Å². The third-order valence-corrected chi connectivity index (χ3v) is 12.6. The molecule has 286 valence electrons. The zero-order valence-corrected chi connectivity index (χ0v) is 34.6. The van der Waals surface area contributed by atoms with E-state index in [1.165, 1.54) is 93.4 Å². The van der Waals surface area contributed by atoms with Crippen LogP contribution in [0.2, 0.25) is 0 Å². The first kappa shape index (κ1) is 35.3. The summed E-state index contributed by atoms with van der Waals surface area (Å²) in [6.07, 6.45) is 0. The van der Waals surface area contributed by atoms with Crippen LogP contribution in [0.4, 0.5) is 0 Å². The van der Waals surface area contributed by atoms with Gasteiger partial charge in [-0.3, -0.25) is 0 Å². The first-order chi connectivity index (χ1) is 28.5. The summed E-state index contributed by atoms with van der Waals surface area (Å²) in [4.78, 5) is 0. The van der Waals surface area contributed by atoms with Crippen LogP contribution in [-0.4, -0.2) is 13.7 Å². The van der Waals surface area contributed by atoms with Crippen molar-refractivity contribution in [2.24, 2.45) is 0 Å². The predicted octanol–water partition coefficient (Wildman–Crippen LogP) is 15.2. The molecule has 3 heteroatoms. The molecule has 0 unspecified atom stereocenters. The Morgan fingerprint density at radius 3 is 1.00 bits per heavy atom. The molecule has 0 atom stereocenters. The highest BCUT2D eigenvalue weighted by atomic mass is 15.0. The lowest BCUT2D eigenvalue weighted by Gasteiger charge is -2.19. The molecule has 0 aliphatic rings. The number of para-hydroxylation sites is 3. The SMILES string of the molecule is CC(C)(C)c1ccc2c(c1)c1cc(-c3ccc4c(c3)c3cc(C(C)(C)C)ccc3n4-c3ccc(-n4c5ccccc5c5ccccc54)cc3)ccc1n2-c1ccccc1. The van der Waals surface area contributed by atoms with Crippen molar-refractivity contribution in [2.45, 2.75) is 52.4 Å². The van der Waals surface area contributed by atoms with E-state index in [1.54, 1.807) is 0 Å². The predicted molar refractivity (Wildman–Crippen MR) is 252 cm³/mol. The molecule has 0 saturated carbocycles. The summed E-state index contributed by atoms with van der Waals surface area (Å²) >= 11 is 0. The van der Waals surface area contributed by atoms with Gasteiger partial charge in [0.15, 0.2) is 0 Å². The minimum absolute atomic E-state index is 0.0219. The summed E-state index contributed by atoms with van der Waals surface area (Å²) in [5.74, 6) is 0. The minimum Gasteiger partial charge on any atom is -0.309 e. The van der Waals surface area contributed by atoms with Crippen LogP contribution in [0.25, 0.3) is 93.6 Å². The quantitative estimate of drug-likeness (QED) is 0.170. The number of fused-ring (bicyclic) bond motifs is 9. The largest absolute Gasteiger partial charge is 0.309 e. The third kappa shape index (κ3) is 5.56. The van der Waals surface area contributed by atoms with E-state index in [-0.39, 0.29) is 10.8 Å². The van der Waals surface area contributed by atoms with Crippen molar-refractivity contribution < 1.29 is 0 Å². The number of nitrogens with zero attached hydrogens (tertiary/aromatic N) is 3. The van der Waals surface area contributed by atoms with E-state index in [1.807, 2.05) is 0 Å². The molecule has 3 heterocycles. The van der Waals surface area contributed by atoms with Gasteiger partial charge in [0.25, 0.3) is 0 Å². The maximum absolute atomic E-state index is 2.45. The summed E-state index contributed by atoms with van der Waals surface area (Å²) in [5.41, 5.74) is 16.0. The smallest absolute Gasteiger partial charge is 0.0541 e. The molecule has 0 bridgehead atoms. The number of hydrogen-bond donors (Lipinski definition) is 0. The molecule has 8 aromatic carbocycles. The molecular weight excluding hydrogens is 715 g/mol. The Kier molecular flexibility index (Phi) is 7.68. The number of benzene rings is 8. The zero-order chi connectivity index (χ0) is 40.2. The molecule has 0 aliphatic heterocycles. The van der Waals surface area contributed by atoms with E-state index >= 15 is 0 Å². The summed E-state index contributed by atoms with van der Waals surface area (Å²) in [5, 5.41) is 7.64. The van der Waals surface area contributed by atoms with E-state index in [0.717, 1.165) is 11.4 Å². The van der Waals surface area contributed by atoms with Crippen LogP contribution >= 0.6 is 0 Å². The van der Waals surface area contributed by atoms with Crippen molar-refractivity contribution in [2.75, 3.05) is 0 Å². The molecule has 0 spiro atoms. The van der Waals surface area contributed by atoms with Crippen LogP contribution in [0.3, 0.4) is 0 Å². The first-order valence-electron chi connectivity index (χ1n) is 20.9. The molecule has 0 amide bonds. The molecule has 59 heavy (non-hydrogen) atoms. The Balaban J connectivity index is 1.09. The Hall–Kier alpha value is -6.84. The Morgan fingerprint density at radius 1 is 0.271 bits per heavy atom. The molecular formula is C56H47N3. The number of rotatable bonds is 4. The summed E-state index contributed by atoms with van der Waals surface area (Å²) in [6, 6.07) is 65.5. The molecule has 3 nitrogen and oxygen atoms in total. The monoisotopic (exact) mass is 761 g/mol. The van der Waals surface area contributed by atoms with Crippen LogP contribution in [0.5, 0.6) is 0 Å². The fourth-order valence-electron chi connectivity index (χ4n) is 9.42. The van der Waals surface area contributed by atoms with E-state index in [4.69, 9.17) is 0 Å². The summed E-state index contributed by atoms with van der Waals surface area (Å²) < 4.78 is 7.25. The van der Waals surface area contributed by atoms with Crippen LogP contribution in [0.1, 0.15) is 52.7 Å². The van der Waals surface area contributed by atoms with Gasteiger partial charge in [0.05, 0.1) is 33.1 Å². The summed E-state index contributed by atoms with van der Waals surface area (Å²) in [6.45, 7) is 13.8. The lowest BCUT2D eigenvalue weighted by molar-refractivity contribution is 0.591. The van der Waals surface area contributed by atoms with E-state index in [0.29, 0.717) is 0 Å². The Labute approximate surface area is 345 Å². The molecule has 0 saturated heterocycles. The molecule has 0 N–H and O–H groups in total. The summed E-state index contributed by atoms with van der Waals surface area (Å²) in [7, 11) is 0. The van der Waals surface area contributed by atoms with E-state index in [2.05, 4.69) is 231 Å². The topological polar surface area (TPSA) is 14.8 Å². The second-order valence-corrected chi connectivity index (χ2v) is 18.3. The van der Waals surface area contributed by atoms with Crippen LogP contribution in [0, 0.1) is 0 Å². The van der Waals surface area contributed by atoms with Gasteiger partial charge in [0, 0.05) is 49.4 Å². The zero-order valence-electron chi connectivity index (χ0n) is 34.6. The van der Waals surface area contributed by atoms with Gasteiger partial charge in [-0.25, -0.2) is 0 Å². The fraction of sp³-hybridized carbons (Fsp3) is 0.143. The molecule has 0 aliphatic carbocycles. The average molecular weight is 762 g/mol. The normalized spacial score (nSPS) is 12.6. The standard InChI is InChI=1S/C56H47N3/c1-55(2,3)38-22-30-53-47(34-38)45-32-36(20-28-51(45)57(53)40-14-8-7-9-15-40)37-21-29-52-46(33-37)48-35-39(56(4,5)6)23-31-54(48)59(52)42-26-24-41(25-27-42)58-49-18-12-10-16-43(49)44-17-11-13-19-50(44)58/h7-35H,1-6H3. The van der Waals surface area contributed by atoms with Crippen molar-refractivity contribution in [1.29, 1.82) is 0 Å². The van der Waals surface area contributed by atoms with Crippen LogP contribution < -0.4 is 0 Å². The highest BCUT2D eigenvalue weighted by Crippen LogP contribution is 2.41. The maximum atomic E-state index is 2.45. The van der Waals surface area contributed by atoms with Crippen molar-refractivity contribution in [1.82, 2.24) is 13.7 Å². The van der Waals surface area contributed by atoms with E-state index < -0.39 is 0 Å². The highest BCUT2D eigenvalue weighted by Gasteiger charge is 2.21. The lowest BCUT2D eigenvalue weighted by atomic mass is 9.86. The van der Waals surface area contributed by atoms with Crippen molar-refractivity contribution >= 4 is 65.4 Å². The van der Waals surface area contributed by atoms with Gasteiger partial charge in [-0.1, -0.05) is 120 Å². The highest BCUT2D eigenvalue weighted by molar-refractivity contribution is 6.13. The van der Waals surface area contributed by atoms with Crippen molar-refractivity contribution in [3.8, 4) is 28.2 Å². The van der Waals surface area contributed by atoms with Crippen LogP contribution in [-0.2, 0) is 10.8 Å². The van der Waals surface area contributed by atoms with Gasteiger partial charge in [0.2, 0.25) is 0 Å². The second kappa shape index (κ2) is 12.8. The Bertz CT molecular complexity index is 3380. The van der Waals surface area contributed by atoms with Gasteiger partial charge in [0.1, 0.15) is 0 Å². The number of hydrogen-bond acceptors (Lipinski definition) is 0. The number of aromatic nitrogens is 3. The van der Waals surface area contributed by atoms with Gasteiger partial charge in [-0.05, 0) is 130 Å². The van der Waals surface area contributed by atoms with Crippen molar-refractivity contribution in [3.05, 3.63) is 187 Å². The van der Waals surface area contributed by atoms with Gasteiger partial charge in [-0.2, -0.15) is 0 Å². The third-order valence-electron chi connectivity index (χ3n) is 12.6. The van der Waals surface area contributed by atoms with Crippen LogP contribution in [0.15, 0.2) is 176 Å². The molecule has 11 aromatic rings. The second-order valence-electron chi connectivity index (χ2n) is 18.3.